The van der Waals surface area contributed by atoms with Gasteiger partial charge in [0, 0.05) is 64.4 Å². The lowest BCUT2D eigenvalue weighted by Crippen LogP contribution is -2.57. The smallest absolute Gasteiger partial charge is 0.456 e. The quantitative estimate of drug-likeness (QED) is 0.0163. The van der Waals surface area contributed by atoms with Crippen molar-refractivity contribution in [1.82, 2.24) is 36.0 Å². The monoisotopic (exact) mass is 1340 g/mol. The Morgan fingerprint density at radius 2 is 1.43 bits per heavy atom. The predicted octanol–water partition coefficient (Wildman–Crippen LogP) is 5.66. The van der Waals surface area contributed by atoms with Crippen LogP contribution in [0.15, 0.2) is 47.6 Å². The van der Waals surface area contributed by atoms with E-state index in [9.17, 15) is 71.7 Å². The van der Waals surface area contributed by atoms with Crippen molar-refractivity contribution in [1.29, 1.82) is 0 Å². The first-order chi connectivity index (χ1) is 43.1. The number of benzene rings is 1. The van der Waals surface area contributed by atoms with Gasteiger partial charge in [-0.25, -0.2) is 18.7 Å². The highest BCUT2D eigenvalue weighted by molar-refractivity contribution is 7.61. The Hall–Kier alpha value is -6.67. The Labute approximate surface area is 539 Å². The number of likely N-dealkylation sites (N-methyl/N-ethyl adjacent to an activating group) is 2. The van der Waals surface area contributed by atoms with Crippen LogP contribution in [0.5, 0.6) is 5.75 Å². The maximum Gasteiger partial charge on any atom is 0.481 e. The summed E-state index contributed by atoms with van der Waals surface area (Å²) in [6.07, 6.45) is 4.82. The molecule has 1 aromatic rings. The van der Waals surface area contributed by atoms with Gasteiger partial charge in [-0.05, 0) is 114 Å². The van der Waals surface area contributed by atoms with E-state index in [1.165, 1.54) is 57.1 Å². The highest BCUT2D eigenvalue weighted by Gasteiger charge is 2.39. The van der Waals surface area contributed by atoms with E-state index in [1.807, 2.05) is 40.7 Å². The first kappa shape index (κ1) is 79.6. The summed E-state index contributed by atoms with van der Waals surface area (Å²) in [5.41, 5.74) is 1.40. The number of allylic oxidation sites excluding steroid dienone is 2. The zero-order valence-corrected chi connectivity index (χ0v) is 57.1. The van der Waals surface area contributed by atoms with E-state index < -0.39 is 125 Å². The Balaban J connectivity index is 1.70. The van der Waals surface area contributed by atoms with Crippen LogP contribution < -0.4 is 26.0 Å². The van der Waals surface area contributed by atoms with Crippen LogP contribution in [0.2, 0.25) is 0 Å². The highest BCUT2D eigenvalue weighted by atomic mass is 31.3. The van der Waals surface area contributed by atoms with Crippen LogP contribution in [0.1, 0.15) is 159 Å². The lowest BCUT2D eigenvalue weighted by atomic mass is 9.93. The third-order valence-electron chi connectivity index (χ3n) is 15.7. The average Bonchev–Trinajstić information content (AvgIpc) is 1.13. The molecule has 0 aliphatic carbocycles. The number of carbonyl (C=O) groups excluding carboxylic acids is 11. The number of unbranched alkanes of at least 4 members (excludes halogenated alkanes) is 3. The molecule has 8 amide bonds. The van der Waals surface area contributed by atoms with Gasteiger partial charge in [-0.3, -0.25) is 57.1 Å². The van der Waals surface area contributed by atoms with Gasteiger partial charge in [0.1, 0.15) is 36.0 Å². The van der Waals surface area contributed by atoms with Crippen molar-refractivity contribution in [2.75, 3.05) is 46.9 Å². The van der Waals surface area contributed by atoms with Crippen molar-refractivity contribution >= 4 is 80.8 Å². The number of ether oxygens (including phenoxy) is 3. The minimum Gasteiger partial charge on any atom is -0.456 e. The standard InChI is InChI=1S/C62H97N7O21P2/c1-14-39(5)54-57(75)65-45(11)62(80)89-55(40(6)15-2)41(7)22-20-23-42(8)61(79)88-49(34-38(3)4)56(74)64-44(10)59(77)68(13)48(60(78)67(12)37-51(71)66-54)36-46-26-28-47(29-27-46)87-53(73)25-21-32-85-91(81,82)90-92(83,84)86-33-30-63-50(70)24-18-16-17-19-31-69-52(72)35-43(9)58(69)76/h15,23,26-29,38-39,41,43-45,48-49,54-55H,14,16-22,24-25,30-37H2,1-13H3,(H,63,70)(H,64,74)(H,65,75)(H,66,71)(H,81,82)(H,83,84)/b40-15+,42-23+/t39?,41-,43?,44-,45+,48+,49+,54-,55+/m0/s1. The first-order valence-electron chi connectivity index (χ1n) is 31.3. The minimum atomic E-state index is -5.21. The number of carbonyl (C=O) groups is 11. The van der Waals surface area contributed by atoms with Crippen molar-refractivity contribution in [3.63, 3.8) is 0 Å². The Kier molecular flexibility index (Phi) is 33.3. The number of nitrogens with zero attached hydrogens (tertiary/aromatic N) is 3. The summed E-state index contributed by atoms with van der Waals surface area (Å²) >= 11 is 0. The summed E-state index contributed by atoms with van der Waals surface area (Å²) in [5, 5.41) is 10.5. The number of phosphoric acid groups is 2. The third kappa shape index (κ3) is 27.1. The van der Waals surface area contributed by atoms with Gasteiger partial charge in [-0.2, -0.15) is 4.31 Å². The second-order valence-corrected chi connectivity index (χ2v) is 27.1. The van der Waals surface area contributed by atoms with E-state index in [-0.39, 0.29) is 91.9 Å². The first-order valence-corrected chi connectivity index (χ1v) is 34.3. The largest absolute Gasteiger partial charge is 0.481 e. The molecular formula is C62H97N7O21P2. The van der Waals surface area contributed by atoms with Gasteiger partial charge in [-0.1, -0.05) is 85.1 Å². The maximum absolute atomic E-state index is 14.6. The maximum atomic E-state index is 14.6. The minimum absolute atomic E-state index is 0.0273. The van der Waals surface area contributed by atoms with Gasteiger partial charge in [0.2, 0.25) is 41.4 Å². The molecule has 0 bridgehead atoms. The van der Waals surface area contributed by atoms with Crippen LogP contribution in [0, 0.1) is 23.7 Å². The number of imide groups is 1. The molecule has 2 heterocycles. The van der Waals surface area contributed by atoms with Crippen LogP contribution in [0.3, 0.4) is 0 Å². The number of rotatable bonds is 26. The van der Waals surface area contributed by atoms with Gasteiger partial charge in [-0.15, -0.1) is 0 Å². The average molecular weight is 1340 g/mol. The van der Waals surface area contributed by atoms with E-state index in [0.717, 1.165) is 15.4 Å². The van der Waals surface area contributed by atoms with Crippen LogP contribution in [0.25, 0.3) is 0 Å². The zero-order chi connectivity index (χ0) is 69.2. The van der Waals surface area contributed by atoms with Crippen molar-refractivity contribution in [3.05, 3.63) is 53.1 Å². The van der Waals surface area contributed by atoms with E-state index in [2.05, 4.69) is 30.1 Å². The molecule has 11 atom stereocenters. The number of amides is 8. The molecule has 1 fully saturated rings. The molecule has 92 heavy (non-hydrogen) atoms. The van der Waals surface area contributed by atoms with E-state index in [1.54, 1.807) is 33.8 Å². The molecular weight excluding hydrogens is 1240 g/mol. The number of nitrogens with one attached hydrogen (secondary N) is 4. The van der Waals surface area contributed by atoms with Crippen LogP contribution in [0.4, 0.5) is 0 Å². The molecule has 1 aromatic carbocycles. The molecule has 0 aromatic heterocycles. The van der Waals surface area contributed by atoms with Crippen molar-refractivity contribution < 1.29 is 99.2 Å². The van der Waals surface area contributed by atoms with Crippen molar-refractivity contribution in [2.24, 2.45) is 23.7 Å². The normalized spacial score (nSPS) is 25.0. The number of likely N-dealkylation sites (tertiary alicyclic amines) is 1. The van der Waals surface area contributed by atoms with Crippen LogP contribution in [-0.4, -0.2) is 173 Å². The fourth-order valence-electron chi connectivity index (χ4n) is 9.86. The molecule has 516 valence electrons. The fourth-order valence-corrected chi connectivity index (χ4v) is 12.0. The molecule has 0 spiro atoms. The molecule has 0 saturated carbocycles. The number of esters is 3. The third-order valence-corrected chi connectivity index (χ3v) is 18.3. The Morgan fingerprint density at radius 3 is 2.04 bits per heavy atom. The number of hydrogen-bond acceptors (Lipinski definition) is 19. The van der Waals surface area contributed by atoms with Gasteiger partial charge in [0.15, 0.2) is 6.10 Å². The van der Waals surface area contributed by atoms with Gasteiger partial charge in [0.05, 0.1) is 19.8 Å². The summed E-state index contributed by atoms with van der Waals surface area (Å²) in [6, 6.07) is 0.847. The summed E-state index contributed by atoms with van der Waals surface area (Å²) in [6.45, 7) is 17.1. The Bertz CT molecular complexity index is 2900. The second kappa shape index (κ2) is 38.5. The molecule has 2 aliphatic rings. The number of phosphoric ester groups is 2. The molecule has 6 N–H and O–H groups in total. The lowest BCUT2D eigenvalue weighted by Gasteiger charge is -2.33. The lowest BCUT2D eigenvalue weighted by molar-refractivity contribution is -0.154. The molecule has 0 radical (unpaired) electrons. The molecule has 30 heteroatoms. The summed E-state index contributed by atoms with van der Waals surface area (Å²) in [4.78, 5) is 170. The van der Waals surface area contributed by atoms with E-state index in [0.29, 0.717) is 57.1 Å². The summed E-state index contributed by atoms with van der Waals surface area (Å²) in [7, 11) is -7.74. The fraction of sp³-hybridized carbons (Fsp3) is 0.661. The second-order valence-electron chi connectivity index (χ2n) is 24.0. The molecule has 4 unspecified atom stereocenters. The van der Waals surface area contributed by atoms with E-state index in [4.69, 9.17) is 18.7 Å². The van der Waals surface area contributed by atoms with Crippen LogP contribution in [-0.2, 0) is 91.1 Å². The predicted molar refractivity (Wildman–Crippen MR) is 336 cm³/mol. The van der Waals surface area contributed by atoms with Gasteiger partial charge < -0.3 is 55.1 Å². The number of hydrogen-bond donors (Lipinski definition) is 6. The van der Waals surface area contributed by atoms with Crippen molar-refractivity contribution in [3.8, 4) is 5.75 Å². The number of cyclic esters (lactones) is 2. The van der Waals surface area contributed by atoms with E-state index >= 15 is 0 Å². The molecule has 3 rings (SSSR count). The molecule has 1 saturated heterocycles. The Morgan fingerprint density at radius 1 is 0.804 bits per heavy atom. The van der Waals surface area contributed by atoms with Gasteiger partial charge >= 0.3 is 33.6 Å². The highest BCUT2D eigenvalue weighted by Crippen LogP contribution is 2.60. The van der Waals surface area contributed by atoms with Gasteiger partial charge in [0.25, 0.3) is 5.91 Å². The topological polar surface area (TPSA) is 376 Å². The molecule has 2 aliphatic heterocycles. The zero-order valence-electron chi connectivity index (χ0n) is 55.4. The summed E-state index contributed by atoms with van der Waals surface area (Å²) in [5.74, 6) is -7.83. The summed E-state index contributed by atoms with van der Waals surface area (Å²) < 4.78 is 55.8. The van der Waals surface area contributed by atoms with Crippen LogP contribution >= 0.6 is 15.6 Å². The SMILES string of the molecule is C/C=C(\C)[C@H]1OC(=O)[C@@H](C)NC(=O)[C@H](C(C)CC)NC(=O)CN(C)C(=O)[C@@H](Cc2ccc(OC(=O)CCCOP(=O)(O)OP(=O)(O)OCCNC(=O)CCCCCCN3C(=O)CC(C)C3=O)cc2)N(C)C(=O)[C@H](C)NC(=O)[C@@H](CC(C)C)OC(=O)/C(C)=C/CC[C@@H]1C. The molecule has 28 nitrogen and oxygen atoms in total. The van der Waals surface area contributed by atoms with Crippen molar-refractivity contribution in [2.45, 2.75) is 196 Å².